The van der Waals surface area contributed by atoms with Crippen molar-refractivity contribution in [3.05, 3.63) is 68.3 Å². The van der Waals surface area contributed by atoms with Gasteiger partial charge >= 0.3 is 11.6 Å². The van der Waals surface area contributed by atoms with Gasteiger partial charge in [-0.05, 0) is 36.8 Å². The van der Waals surface area contributed by atoms with Crippen molar-refractivity contribution in [1.29, 1.82) is 0 Å². The highest BCUT2D eigenvalue weighted by molar-refractivity contribution is 9.10. The molecule has 0 N–H and O–H groups in total. The van der Waals surface area contributed by atoms with Gasteiger partial charge in [0.2, 0.25) is 0 Å². The number of benzene rings is 2. The highest BCUT2D eigenvalue weighted by atomic mass is 79.9. The number of aryl methyl sites for hydroxylation is 1. The standard InChI is InChI=1S/C22H16BrNO4S/c1-3-19-20(13-4-7-15(23)8-5-13)24-21(29-19)17-10-14-6-9-16(27-12(2)25)11-18(14)28-22(17)26/h4-11H,3H2,1-2H3. The quantitative estimate of drug-likeness (QED) is 0.213. The van der Waals surface area contributed by atoms with Crippen molar-refractivity contribution in [2.45, 2.75) is 20.3 Å². The third-order valence-electron chi connectivity index (χ3n) is 4.34. The van der Waals surface area contributed by atoms with Crippen LogP contribution < -0.4 is 10.4 Å². The topological polar surface area (TPSA) is 69.4 Å². The van der Waals surface area contributed by atoms with Crippen molar-refractivity contribution < 1.29 is 13.9 Å². The van der Waals surface area contributed by atoms with Crippen LogP contribution in [-0.2, 0) is 11.2 Å². The normalized spacial score (nSPS) is 11.0. The molecule has 0 unspecified atom stereocenters. The summed E-state index contributed by atoms with van der Waals surface area (Å²) >= 11 is 4.94. The fraction of sp³-hybridized carbons (Fsp3) is 0.136. The first kappa shape index (κ1) is 19.5. The lowest BCUT2D eigenvalue weighted by atomic mass is 10.1. The third kappa shape index (κ3) is 4.02. The summed E-state index contributed by atoms with van der Waals surface area (Å²) in [4.78, 5) is 29.6. The number of hydrogen-bond acceptors (Lipinski definition) is 6. The second kappa shape index (κ2) is 7.93. The largest absolute Gasteiger partial charge is 0.427 e. The predicted molar refractivity (Wildman–Crippen MR) is 117 cm³/mol. The van der Waals surface area contributed by atoms with Crippen LogP contribution in [0.5, 0.6) is 5.75 Å². The number of aromatic nitrogens is 1. The lowest BCUT2D eigenvalue weighted by Crippen LogP contribution is -2.04. The fourth-order valence-electron chi connectivity index (χ4n) is 3.01. The van der Waals surface area contributed by atoms with Gasteiger partial charge in [0.1, 0.15) is 16.3 Å². The molecule has 0 aliphatic heterocycles. The van der Waals surface area contributed by atoms with Gasteiger partial charge in [-0.25, -0.2) is 9.78 Å². The van der Waals surface area contributed by atoms with Gasteiger partial charge in [0, 0.05) is 33.3 Å². The lowest BCUT2D eigenvalue weighted by Gasteiger charge is -2.03. The molecular weight excluding hydrogens is 454 g/mol. The number of hydrogen-bond donors (Lipinski definition) is 0. The highest BCUT2D eigenvalue weighted by Gasteiger charge is 2.17. The molecule has 4 rings (SSSR count). The molecule has 29 heavy (non-hydrogen) atoms. The molecule has 7 heteroatoms. The van der Waals surface area contributed by atoms with E-state index in [0.29, 0.717) is 21.9 Å². The van der Waals surface area contributed by atoms with Gasteiger partial charge in [0.25, 0.3) is 0 Å². The smallest absolute Gasteiger partial charge is 0.346 e. The van der Waals surface area contributed by atoms with Crippen LogP contribution in [0.4, 0.5) is 0 Å². The van der Waals surface area contributed by atoms with E-state index >= 15 is 0 Å². The molecule has 146 valence electrons. The number of halogens is 1. The molecule has 2 heterocycles. The summed E-state index contributed by atoms with van der Waals surface area (Å²) in [7, 11) is 0. The molecule has 0 radical (unpaired) electrons. The Labute approximate surface area is 179 Å². The Kier molecular flexibility index (Phi) is 5.34. The van der Waals surface area contributed by atoms with Gasteiger partial charge in [0.15, 0.2) is 0 Å². The van der Waals surface area contributed by atoms with Crippen molar-refractivity contribution in [2.75, 3.05) is 0 Å². The van der Waals surface area contributed by atoms with Crippen LogP contribution >= 0.6 is 27.3 Å². The average molecular weight is 470 g/mol. The minimum absolute atomic E-state index is 0.334. The summed E-state index contributed by atoms with van der Waals surface area (Å²) in [6, 6.07) is 14.7. The van der Waals surface area contributed by atoms with E-state index in [1.807, 2.05) is 24.3 Å². The van der Waals surface area contributed by atoms with E-state index in [-0.39, 0.29) is 0 Å². The van der Waals surface area contributed by atoms with Crippen molar-refractivity contribution in [3.63, 3.8) is 0 Å². The Morgan fingerprint density at radius 1 is 1.17 bits per heavy atom. The summed E-state index contributed by atoms with van der Waals surface area (Å²) in [5.41, 5.74) is 2.18. The van der Waals surface area contributed by atoms with Crippen LogP contribution in [0.1, 0.15) is 18.7 Å². The molecule has 0 aliphatic carbocycles. The Morgan fingerprint density at radius 2 is 1.93 bits per heavy atom. The SMILES string of the molecule is CCc1sc(-c2cc3ccc(OC(C)=O)cc3oc2=O)nc1-c1ccc(Br)cc1. The highest BCUT2D eigenvalue weighted by Crippen LogP contribution is 2.34. The maximum Gasteiger partial charge on any atom is 0.346 e. The van der Waals surface area contributed by atoms with E-state index in [0.717, 1.165) is 32.4 Å². The molecular formula is C22H16BrNO4S. The summed E-state index contributed by atoms with van der Waals surface area (Å²) in [5.74, 6) is -0.0976. The number of fused-ring (bicyclic) bond motifs is 1. The van der Waals surface area contributed by atoms with Crippen LogP contribution in [0.25, 0.3) is 32.8 Å². The molecule has 0 spiro atoms. The number of rotatable bonds is 4. The summed E-state index contributed by atoms with van der Waals surface area (Å²) < 4.78 is 11.5. The number of thiazole rings is 1. The zero-order valence-electron chi connectivity index (χ0n) is 15.7. The molecule has 4 aromatic rings. The van der Waals surface area contributed by atoms with Crippen LogP contribution in [-0.4, -0.2) is 11.0 Å². The van der Waals surface area contributed by atoms with Crippen molar-refractivity contribution in [3.8, 4) is 27.6 Å². The number of ether oxygens (including phenoxy) is 1. The molecule has 2 aromatic carbocycles. The van der Waals surface area contributed by atoms with E-state index in [9.17, 15) is 9.59 Å². The van der Waals surface area contributed by atoms with Crippen LogP contribution in [0.3, 0.4) is 0 Å². The molecule has 2 aromatic heterocycles. The maximum absolute atomic E-state index is 12.6. The number of carbonyl (C=O) groups excluding carboxylic acids is 1. The minimum atomic E-state index is -0.476. The fourth-order valence-corrected chi connectivity index (χ4v) is 4.30. The molecule has 0 atom stereocenters. The maximum atomic E-state index is 12.6. The Morgan fingerprint density at radius 3 is 2.62 bits per heavy atom. The molecule has 0 aliphatic rings. The third-order valence-corrected chi connectivity index (χ3v) is 6.10. The Balaban J connectivity index is 1.80. The van der Waals surface area contributed by atoms with Crippen LogP contribution in [0.2, 0.25) is 0 Å². The zero-order valence-corrected chi connectivity index (χ0v) is 18.1. The average Bonchev–Trinajstić information content (AvgIpc) is 3.11. The molecule has 0 saturated carbocycles. The first-order valence-corrected chi connectivity index (χ1v) is 10.6. The summed E-state index contributed by atoms with van der Waals surface area (Å²) in [5, 5.41) is 1.36. The van der Waals surface area contributed by atoms with Gasteiger partial charge in [-0.3, -0.25) is 4.79 Å². The van der Waals surface area contributed by atoms with E-state index < -0.39 is 11.6 Å². The van der Waals surface area contributed by atoms with Crippen molar-refractivity contribution in [1.82, 2.24) is 4.98 Å². The molecule has 5 nitrogen and oxygen atoms in total. The van der Waals surface area contributed by atoms with Gasteiger partial charge in [-0.1, -0.05) is 35.0 Å². The van der Waals surface area contributed by atoms with Gasteiger partial charge < -0.3 is 9.15 Å². The monoisotopic (exact) mass is 469 g/mol. The van der Waals surface area contributed by atoms with E-state index in [2.05, 4.69) is 22.9 Å². The van der Waals surface area contributed by atoms with E-state index in [4.69, 9.17) is 14.1 Å². The van der Waals surface area contributed by atoms with Gasteiger partial charge in [0.05, 0.1) is 11.3 Å². The first-order valence-electron chi connectivity index (χ1n) is 8.97. The van der Waals surface area contributed by atoms with E-state index in [1.54, 1.807) is 18.2 Å². The van der Waals surface area contributed by atoms with Gasteiger partial charge in [-0.15, -0.1) is 11.3 Å². The number of nitrogens with zero attached hydrogens (tertiary/aromatic N) is 1. The zero-order chi connectivity index (χ0) is 20.5. The van der Waals surface area contributed by atoms with Crippen molar-refractivity contribution in [2.24, 2.45) is 0 Å². The number of esters is 1. The summed E-state index contributed by atoms with van der Waals surface area (Å²) in [6.45, 7) is 3.39. The second-order valence-electron chi connectivity index (χ2n) is 6.39. The summed E-state index contributed by atoms with van der Waals surface area (Å²) in [6.07, 6.45) is 0.813. The van der Waals surface area contributed by atoms with Gasteiger partial charge in [-0.2, -0.15) is 0 Å². The molecule has 0 saturated heterocycles. The Hall–Kier alpha value is -2.77. The Bertz CT molecular complexity index is 1270. The first-order chi connectivity index (χ1) is 13.9. The second-order valence-corrected chi connectivity index (χ2v) is 8.39. The molecule has 0 amide bonds. The number of carbonyl (C=O) groups is 1. The minimum Gasteiger partial charge on any atom is -0.427 e. The van der Waals surface area contributed by atoms with Crippen LogP contribution in [0.15, 0.2) is 62.2 Å². The van der Waals surface area contributed by atoms with E-state index in [1.165, 1.54) is 24.3 Å². The predicted octanol–water partition coefficient (Wildman–Crippen LogP) is 5.83. The van der Waals surface area contributed by atoms with Crippen molar-refractivity contribution >= 4 is 44.2 Å². The lowest BCUT2D eigenvalue weighted by molar-refractivity contribution is -0.131. The van der Waals surface area contributed by atoms with Crippen LogP contribution in [0, 0.1) is 0 Å². The molecule has 0 bridgehead atoms. The molecule has 0 fully saturated rings.